The molecule has 4 rings (SSSR count). The number of alkyl halides is 3. The number of benzene rings is 2. The number of thiocarbonyl (C=S) groups is 1. The van der Waals surface area contributed by atoms with E-state index in [9.17, 15) is 18.0 Å². The maximum absolute atomic E-state index is 13.6. The fourth-order valence-electron chi connectivity index (χ4n) is 4.26. The number of halogens is 3. The lowest BCUT2D eigenvalue weighted by molar-refractivity contribution is -0.137. The van der Waals surface area contributed by atoms with Gasteiger partial charge in [-0.05, 0) is 62.8 Å². The molecule has 1 aliphatic rings. The number of anilines is 2. The predicted molar refractivity (Wildman–Crippen MR) is 132 cm³/mol. The van der Waals surface area contributed by atoms with Crippen LogP contribution in [0.25, 0.3) is 10.9 Å². The van der Waals surface area contributed by atoms with Gasteiger partial charge in [0.05, 0.1) is 23.0 Å². The quantitative estimate of drug-likeness (QED) is 0.279. The predicted octanol–water partition coefficient (Wildman–Crippen LogP) is 5.01. The van der Waals surface area contributed by atoms with Crippen molar-refractivity contribution in [3.8, 4) is 0 Å². The standard InChI is InChI=1S/C24H24F3N5O2S/c1-23(2)21(33)31(17-6-5-15(13-28)19(12-17)24(25,26)27)22(35)32(23)18-7-8-20-16(11-18)14-29-30(20)9-4-10-34-3/h5-8,11-14,28H,4,9-10H2,1-3H3. The summed E-state index contributed by atoms with van der Waals surface area (Å²) in [6.07, 6.45) is -1.52. The maximum Gasteiger partial charge on any atom is 0.417 e. The number of hydrogen-bond acceptors (Lipinski definition) is 5. The molecule has 1 N–H and O–H groups in total. The lowest BCUT2D eigenvalue weighted by Gasteiger charge is -2.29. The molecule has 0 aliphatic carbocycles. The van der Waals surface area contributed by atoms with Crippen LogP contribution >= 0.6 is 12.2 Å². The second-order valence-corrected chi connectivity index (χ2v) is 9.05. The van der Waals surface area contributed by atoms with Crippen molar-refractivity contribution in [1.82, 2.24) is 9.78 Å². The van der Waals surface area contributed by atoms with Crippen molar-refractivity contribution in [1.29, 1.82) is 5.41 Å². The Balaban J connectivity index is 1.72. The number of methoxy groups -OCH3 is 1. The van der Waals surface area contributed by atoms with Gasteiger partial charge in [0, 0.05) is 43.1 Å². The first kappa shape index (κ1) is 24.8. The molecule has 0 radical (unpaired) electrons. The van der Waals surface area contributed by atoms with Crippen LogP contribution in [0.1, 0.15) is 31.4 Å². The van der Waals surface area contributed by atoms with Gasteiger partial charge in [0.1, 0.15) is 5.54 Å². The molecule has 2 heterocycles. The van der Waals surface area contributed by atoms with Crippen molar-refractivity contribution in [2.24, 2.45) is 0 Å². The molecule has 0 atom stereocenters. The molecule has 1 aliphatic heterocycles. The number of nitrogens with zero attached hydrogens (tertiary/aromatic N) is 4. The third kappa shape index (κ3) is 4.30. The number of nitrogens with one attached hydrogen (secondary N) is 1. The van der Waals surface area contributed by atoms with Crippen molar-refractivity contribution in [3.63, 3.8) is 0 Å². The van der Waals surface area contributed by atoms with E-state index in [4.69, 9.17) is 22.4 Å². The number of rotatable bonds is 7. The number of carbonyl (C=O) groups is 1. The molecule has 1 amide bonds. The molecule has 0 bridgehead atoms. The summed E-state index contributed by atoms with van der Waals surface area (Å²) in [5, 5.41) is 12.6. The van der Waals surface area contributed by atoms with Crippen LogP contribution < -0.4 is 9.80 Å². The van der Waals surface area contributed by atoms with Gasteiger partial charge in [-0.15, -0.1) is 0 Å². The van der Waals surface area contributed by atoms with Gasteiger partial charge in [-0.1, -0.05) is 6.07 Å². The van der Waals surface area contributed by atoms with Gasteiger partial charge in [-0.25, -0.2) is 0 Å². The van der Waals surface area contributed by atoms with Gasteiger partial charge >= 0.3 is 6.18 Å². The zero-order valence-corrected chi connectivity index (χ0v) is 20.2. The van der Waals surface area contributed by atoms with Crippen LogP contribution in [-0.2, 0) is 22.3 Å². The zero-order valence-electron chi connectivity index (χ0n) is 19.4. The van der Waals surface area contributed by atoms with Crippen LogP contribution in [0.5, 0.6) is 0 Å². The third-order valence-electron chi connectivity index (χ3n) is 6.03. The highest BCUT2D eigenvalue weighted by Gasteiger charge is 2.50. The normalized spacial score (nSPS) is 15.9. The molecular weight excluding hydrogens is 479 g/mol. The van der Waals surface area contributed by atoms with E-state index in [1.54, 1.807) is 32.1 Å². The van der Waals surface area contributed by atoms with Crippen LogP contribution in [-0.4, -0.2) is 46.3 Å². The van der Waals surface area contributed by atoms with Gasteiger partial charge in [0.15, 0.2) is 5.11 Å². The highest BCUT2D eigenvalue weighted by atomic mass is 32.1. The van der Waals surface area contributed by atoms with Crippen molar-refractivity contribution in [2.45, 2.75) is 38.5 Å². The van der Waals surface area contributed by atoms with Crippen LogP contribution in [0.15, 0.2) is 42.6 Å². The minimum absolute atomic E-state index is 0.000501. The van der Waals surface area contributed by atoms with Crippen molar-refractivity contribution >= 4 is 51.7 Å². The highest BCUT2D eigenvalue weighted by Crippen LogP contribution is 2.40. The summed E-state index contributed by atoms with van der Waals surface area (Å²) < 4.78 is 47.7. The first-order valence-corrected chi connectivity index (χ1v) is 11.3. The number of amides is 1. The number of fused-ring (bicyclic) bond motifs is 1. The molecule has 1 saturated heterocycles. The first-order chi connectivity index (χ1) is 16.5. The Bertz CT molecular complexity index is 1320. The van der Waals surface area contributed by atoms with E-state index in [0.29, 0.717) is 25.1 Å². The summed E-state index contributed by atoms with van der Waals surface area (Å²) in [7, 11) is 1.64. The SMILES string of the molecule is COCCCn1ncc2cc(N3C(=S)N(c4ccc(C=N)c(C(F)(F)F)c4)C(=O)C3(C)C)ccc21. The molecule has 184 valence electrons. The van der Waals surface area contributed by atoms with E-state index in [1.165, 1.54) is 12.1 Å². The zero-order chi connectivity index (χ0) is 25.5. The molecular formula is C24H24F3N5O2S. The van der Waals surface area contributed by atoms with E-state index in [0.717, 1.165) is 28.3 Å². The first-order valence-electron chi connectivity index (χ1n) is 10.9. The summed E-state index contributed by atoms with van der Waals surface area (Å²) >= 11 is 5.62. The van der Waals surface area contributed by atoms with Gasteiger partial charge < -0.3 is 15.0 Å². The Morgan fingerprint density at radius 1 is 1.17 bits per heavy atom. The van der Waals surface area contributed by atoms with Crippen molar-refractivity contribution in [3.05, 3.63) is 53.7 Å². The Morgan fingerprint density at radius 3 is 2.54 bits per heavy atom. The molecule has 7 nitrogen and oxygen atoms in total. The van der Waals surface area contributed by atoms with Gasteiger partial charge in [-0.2, -0.15) is 18.3 Å². The van der Waals surface area contributed by atoms with E-state index in [-0.39, 0.29) is 16.4 Å². The fraction of sp³-hybridized carbons (Fsp3) is 0.333. The van der Waals surface area contributed by atoms with E-state index in [1.807, 2.05) is 22.9 Å². The molecule has 1 aromatic heterocycles. The van der Waals surface area contributed by atoms with Gasteiger partial charge in [0.2, 0.25) is 0 Å². The number of aromatic nitrogens is 2. The lowest BCUT2D eigenvalue weighted by Crippen LogP contribution is -2.44. The van der Waals surface area contributed by atoms with Crippen LogP contribution in [0.3, 0.4) is 0 Å². The number of ether oxygens (including phenoxy) is 1. The van der Waals surface area contributed by atoms with Crippen LogP contribution in [0, 0.1) is 5.41 Å². The fourth-order valence-corrected chi connectivity index (χ4v) is 4.78. The van der Waals surface area contributed by atoms with Crippen molar-refractivity contribution < 1.29 is 22.7 Å². The van der Waals surface area contributed by atoms with Crippen molar-refractivity contribution in [2.75, 3.05) is 23.5 Å². The second-order valence-electron chi connectivity index (χ2n) is 8.69. The Kier molecular flexibility index (Phi) is 6.41. The largest absolute Gasteiger partial charge is 0.417 e. The Hall–Kier alpha value is -3.31. The molecule has 0 spiro atoms. The topological polar surface area (TPSA) is 74.5 Å². The third-order valence-corrected chi connectivity index (χ3v) is 6.39. The average Bonchev–Trinajstić information content (AvgIpc) is 3.28. The molecule has 11 heteroatoms. The second kappa shape index (κ2) is 9.04. The summed E-state index contributed by atoms with van der Waals surface area (Å²) in [5.41, 5.74) is -0.889. The molecule has 35 heavy (non-hydrogen) atoms. The minimum atomic E-state index is -4.68. The monoisotopic (exact) mass is 503 g/mol. The molecule has 1 fully saturated rings. The van der Waals surface area contributed by atoms with Crippen LogP contribution in [0.4, 0.5) is 24.5 Å². The Labute approximate surface area is 205 Å². The summed E-state index contributed by atoms with van der Waals surface area (Å²) in [4.78, 5) is 16.2. The summed E-state index contributed by atoms with van der Waals surface area (Å²) in [6.45, 7) is 4.65. The summed E-state index contributed by atoms with van der Waals surface area (Å²) in [5.74, 6) is -0.450. The number of carbonyl (C=O) groups excluding carboxylic acids is 1. The summed E-state index contributed by atoms with van der Waals surface area (Å²) in [6, 6.07) is 8.96. The van der Waals surface area contributed by atoms with E-state index < -0.39 is 23.2 Å². The van der Waals surface area contributed by atoms with Gasteiger partial charge in [0.25, 0.3) is 5.91 Å². The van der Waals surface area contributed by atoms with E-state index in [2.05, 4.69) is 5.10 Å². The smallest absolute Gasteiger partial charge is 0.385 e. The van der Waals surface area contributed by atoms with Gasteiger partial charge in [-0.3, -0.25) is 14.4 Å². The molecule has 0 saturated carbocycles. The van der Waals surface area contributed by atoms with E-state index >= 15 is 0 Å². The Morgan fingerprint density at radius 2 is 1.89 bits per heavy atom. The maximum atomic E-state index is 13.6. The minimum Gasteiger partial charge on any atom is -0.385 e. The average molecular weight is 504 g/mol. The molecule has 2 aromatic carbocycles. The van der Waals surface area contributed by atoms with Crippen LogP contribution in [0.2, 0.25) is 0 Å². The molecule has 3 aromatic rings. The molecule has 0 unspecified atom stereocenters. The number of hydrogen-bond donors (Lipinski definition) is 1. The lowest BCUT2D eigenvalue weighted by atomic mass is 10.0. The highest BCUT2D eigenvalue weighted by molar-refractivity contribution is 7.81. The number of aryl methyl sites for hydroxylation is 1.